The Morgan fingerprint density at radius 1 is 0.234 bits per heavy atom. The molecule has 2 heteroatoms. The molecule has 0 fully saturated rings. The van der Waals surface area contributed by atoms with Crippen LogP contribution in [0.5, 0.6) is 0 Å². The minimum atomic E-state index is 1.03. The van der Waals surface area contributed by atoms with Gasteiger partial charge in [0.1, 0.15) is 0 Å². The number of nitrogens with zero attached hydrogens (tertiary/aromatic N) is 2. The molecule has 2 heterocycles. The van der Waals surface area contributed by atoms with Crippen LogP contribution in [-0.2, 0) is 12.8 Å². The molecule has 0 saturated heterocycles. The van der Waals surface area contributed by atoms with Crippen LogP contribution in [0.1, 0.15) is 22.3 Å². The highest BCUT2D eigenvalue weighted by molar-refractivity contribution is 6.10. The first kappa shape index (κ1) is 36.5. The van der Waals surface area contributed by atoms with Crippen molar-refractivity contribution in [3.05, 3.63) is 253 Å². The van der Waals surface area contributed by atoms with Crippen LogP contribution in [-0.4, -0.2) is 9.13 Å². The fourth-order valence-electron chi connectivity index (χ4n) is 10.6. The van der Waals surface area contributed by atoms with E-state index in [0.29, 0.717) is 0 Å². The highest BCUT2D eigenvalue weighted by atomic mass is 15.0. The first-order chi connectivity index (χ1) is 31.7. The first-order valence-electron chi connectivity index (χ1n) is 22.3. The van der Waals surface area contributed by atoms with Gasteiger partial charge in [-0.1, -0.05) is 170 Å². The van der Waals surface area contributed by atoms with Gasteiger partial charge in [0.05, 0.1) is 22.1 Å². The molecule has 0 radical (unpaired) electrons. The van der Waals surface area contributed by atoms with Crippen molar-refractivity contribution in [2.24, 2.45) is 0 Å². The molecule has 0 atom stereocenters. The van der Waals surface area contributed by atoms with Crippen molar-refractivity contribution in [2.45, 2.75) is 12.8 Å². The van der Waals surface area contributed by atoms with E-state index < -0.39 is 0 Å². The van der Waals surface area contributed by atoms with Crippen LogP contribution < -0.4 is 0 Å². The number of benzene rings is 10. The van der Waals surface area contributed by atoms with E-state index in [9.17, 15) is 0 Å². The Kier molecular flexibility index (Phi) is 8.39. The maximum atomic E-state index is 2.39. The Balaban J connectivity index is 0.000000129. The molecule has 0 bridgehead atoms. The van der Waals surface area contributed by atoms with E-state index in [0.717, 1.165) is 12.8 Å². The van der Waals surface area contributed by atoms with Crippen molar-refractivity contribution in [1.29, 1.82) is 0 Å². The largest absolute Gasteiger partial charge is 0.309 e. The van der Waals surface area contributed by atoms with Gasteiger partial charge in [-0.3, -0.25) is 0 Å². The van der Waals surface area contributed by atoms with E-state index >= 15 is 0 Å². The molecule has 64 heavy (non-hydrogen) atoms. The van der Waals surface area contributed by atoms with Gasteiger partial charge in [-0.25, -0.2) is 0 Å². The molecule has 12 aromatic rings. The summed E-state index contributed by atoms with van der Waals surface area (Å²) in [5.74, 6) is 0. The van der Waals surface area contributed by atoms with Gasteiger partial charge in [0.15, 0.2) is 0 Å². The van der Waals surface area contributed by atoms with Gasteiger partial charge >= 0.3 is 0 Å². The molecule has 0 amide bonds. The van der Waals surface area contributed by atoms with Crippen molar-refractivity contribution in [1.82, 2.24) is 9.13 Å². The van der Waals surface area contributed by atoms with E-state index in [1.165, 1.54) is 122 Å². The molecule has 0 saturated carbocycles. The highest BCUT2D eigenvalue weighted by Crippen LogP contribution is 2.41. The van der Waals surface area contributed by atoms with Crippen LogP contribution in [0.15, 0.2) is 231 Å². The molecule has 2 nitrogen and oxygen atoms in total. The van der Waals surface area contributed by atoms with E-state index in [2.05, 4.69) is 240 Å². The van der Waals surface area contributed by atoms with Gasteiger partial charge in [0.25, 0.3) is 0 Å². The maximum absolute atomic E-state index is 2.39. The molecule has 0 unspecified atom stereocenters. The Morgan fingerprint density at radius 2 is 0.609 bits per heavy atom. The standard InChI is InChI=1S/2C31H21N/c1-2-11-26-23(8-1)18-24-17-16-22(20-29(24)26)21-9-7-10-25(19-21)32-30-14-5-3-12-27(30)28-13-4-6-15-31(28)32;1-2-8-26-23(7-1)19-24-14-13-22(20-29(24)26)21-15-17-25(18-16-21)32-30-11-5-3-9-27(30)28-10-4-6-12-31(28)32/h1-17,19-20H,18H2;1-18,20H,19H2. The Hall–Kier alpha value is -8.20. The SMILES string of the molecule is c1cc(-c2ccc3c(c2)-c2ccccc2C3)cc(-n2c3ccccc3c3ccccc32)c1.c1ccc2c(c1)Cc1ccc(-c3ccc(-n4c5ccccc5c5ccccc54)cc3)cc1-2. The third-order valence-electron chi connectivity index (χ3n) is 13.7. The molecule has 0 N–H and O–H groups in total. The van der Waals surface area contributed by atoms with E-state index in [4.69, 9.17) is 0 Å². The lowest BCUT2D eigenvalue weighted by Crippen LogP contribution is -1.94. The van der Waals surface area contributed by atoms with Gasteiger partial charge < -0.3 is 9.13 Å². The fraction of sp³-hybridized carbons (Fsp3) is 0.0323. The minimum absolute atomic E-state index is 1.03. The second-order valence-electron chi connectivity index (χ2n) is 17.2. The lowest BCUT2D eigenvalue weighted by molar-refractivity contribution is 1.18. The zero-order chi connectivity index (χ0) is 42.1. The van der Waals surface area contributed by atoms with Gasteiger partial charge in [0.2, 0.25) is 0 Å². The predicted octanol–water partition coefficient (Wildman–Crippen LogP) is 16.0. The maximum Gasteiger partial charge on any atom is 0.0541 e. The zero-order valence-electron chi connectivity index (χ0n) is 35.2. The number of hydrogen-bond donors (Lipinski definition) is 0. The average Bonchev–Trinajstić information content (AvgIpc) is 4.12. The van der Waals surface area contributed by atoms with Crippen molar-refractivity contribution in [2.75, 3.05) is 0 Å². The summed E-state index contributed by atoms with van der Waals surface area (Å²) in [6, 6.07) is 84.0. The van der Waals surface area contributed by atoms with E-state index in [-0.39, 0.29) is 0 Å². The van der Waals surface area contributed by atoms with Crippen LogP contribution in [0.2, 0.25) is 0 Å². The molecular weight excluding hydrogens is 773 g/mol. The molecule has 10 aromatic carbocycles. The lowest BCUT2D eigenvalue weighted by atomic mass is 9.98. The van der Waals surface area contributed by atoms with Crippen molar-refractivity contribution in [3.63, 3.8) is 0 Å². The zero-order valence-corrected chi connectivity index (χ0v) is 35.2. The van der Waals surface area contributed by atoms with Crippen LogP contribution in [0.25, 0.3) is 99.5 Å². The number of hydrogen-bond acceptors (Lipinski definition) is 0. The molecule has 0 aliphatic heterocycles. The number of rotatable bonds is 4. The van der Waals surface area contributed by atoms with E-state index in [1.54, 1.807) is 0 Å². The smallest absolute Gasteiger partial charge is 0.0541 e. The fourth-order valence-corrected chi connectivity index (χ4v) is 10.6. The number of fused-ring (bicyclic) bond motifs is 12. The predicted molar refractivity (Wildman–Crippen MR) is 269 cm³/mol. The highest BCUT2D eigenvalue weighted by Gasteiger charge is 2.20. The molecule has 2 aliphatic rings. The summed E-state index contributed by atoms with van der Waals surface area (Å²) in [4.78, 5) is 0. The topological polar surface area (TPSA) is 9.86 Å². The summed E-state index contributed by atoms with van der Waals surface area (Å²) in [6.45, 7) is 0. The normalized spacial score (nSPS) is 12.2. The van der Waals surface area contributed by atoms with Gasteiger partial charge in [0, 0.05) is 32.9 Å². The first-order valence-corrected chi connectivity index (χ1v) is 22.3. The molecule has 0 spiro atoms. The third kappa shape index (κ3) is 5.87. The van der Waals surface area contributed by atoms with Crippen LogP contribution in [0, 0.1) is 0 Å². The molecule has 2 aliphatic carbocycles. The van der Waals surface area contributed by atoms with Crippen LogP contribution in [0.4, 0.5) is 0 Å². The monoisotopic (exact) mass is 814 g/mol. The summed E-state index contributed by atoms with van der Waals surface area (Å²) in [5, 5.41) is 5.18. The molecule has 300 valence electrons. The van der Waals surface area contributed by atoms with Crippen LogP contribution in [0.3, 0.4) is 0 Å². The quantitative estimate of drug-likeness (QED) is 0.167. The average molecular weight is 815 g/mol. The summed E-state index contributed by atoms with van der Waals surface area (Å²) in [5.41, 5.74) is 23.6. The second kappa shape index (κ2) is 14.7. The lowest BCUT2D eigenvalue weighted by Gasteiger charge is -2.11. The molecule has 2 aromatic heterocycles. The Bertz CT molecular complexity index is 3680. The van der Waals surface area contributed by atoms with E-state index in [1.807, 2.05) is 0 Å². The molecule has 14 rings (SSSR count). The van der Waals surface area contributed by atoms with Gasteiger partial charge in [-0.2, -0.15) is 0 Å². The number of para-hydroxylation sites is 4. The minimum Gasteiger partial charge on any atom is -0.309 e. The van der Waals surface area contributed by atoms with Gasteiger partial charge in [-0.15, -0.1) is 0 Å². The Labute approximate surface area is 372 Å². The van der Waals surface area contributed by atoms with Gasteiger partial charge in [-0.05, 0) is 140 Å². The summed E-state index contributed by atoms with van der Waals surface area (Å²) in [6.07, 6.45) is 2.08. The summed E-state index contributed by atoms with van der Waals surface area (Å²) >= 11 is 0. The second-order valence-corrected chi connectivity index (χ2v) is 17.2. The van der Waals surface area contributed by atoms with Crippen molar-refractivity contribution in [3.8, 4) is 55.9 Å². The third-order valence-corrected chi connectivity index (χ3v) is 13.7. The van der Waals surface area contributed by atoms with Crippen molar-refractivity contribution < 1.29 is 0 Å². The van der Waals surface area contributed by atoms with Crippen LogP contribution >= 0.6 is 0 Å². The number of aromatic nitrogens is 2. The Morgan fingerprint density at radius 3 is 1.11 bits per heavy atom. The van der Waals surface area contributed by atoms with Crippen molar-refractivity contribution >= 4 is 43.6 Å². The summed E-state index contributed by atoms with van der Waals surface area (Å²) < 4.78 is 4.75. The molecular formula is C62H42N2. The summed E-state index contributed by atoms with van der Waals surface area (Å²) in [7, 11) is 0.